The second kappa shape index (κ2) is 10.4. The topological polar surface area (TPSA) is 33.2 Å². The van der Waals surface area contributed by atoms with Crippen LogP contribution in [0.5, 0.6) is 0 Å². The summed E-state index contributed by atoms with van der Waals surface area (Å²) in [5.41, 5.74) is 8.68. The first-order chi connectivity index (χ1) is 20.5. The summed E-state index contributed by atoms with van der Waals surface area (Å²) in [5, 5.41) is 2.09. The van der Waals surface area contributed by atoms with E-state index in [-0.39, 0.29) is 11.4 Å². The maximum absolute atomic E-state index is 13.6. The van der Waals surface area contributed by atoms with Gasteiger partial charge in [0.2, 0.25) is 5.91 Å². The van der Waals surface area contributed by atoms with Crippen molar-refractivity contribution in [3.63, 3.8) is 0 Å². The van der Waals surface area contributed by atoms with E-state index in [1.807, 2.05) is 11.1 Å². The highest BCUT2D eigenvalue weighted by molar-refractivity contribution is 6.22. The van der Waals surface area contributed by atoms with Gasteiger partial charge in [0.05, 0.1) is 0 Å². The van der Waals surface area contributed by atoms with Gasteiger partial charge in [-0.15, -0.1) is 0 Å². The number of carbonyl (C=O) groups is 1. The molecule has 6 aromatic rings. The number of hydrogen-bond donors (Lipinski definition) is 0. The third kappa shape index (κ3) is 4.29. The van der Waals surface area contributed by atoms with Gasteiger partial charge in [0.25, 0.3) is 0 Å². The van der Waals surface area contributed by atoms with E-state index in [0.29, 0.717) is 6.42 Å². The molecule has 1 aliphatic heterocycles. The Morgan fingerprint density at radius 3 is 1.45 bits per heavy atom. The van der Waals surface area contributed by atoms with Crippen molar-refractivity contribution in [2.24, 2.45) is 0 Å². The van der Waals surface area contributed by atoms with Crippen LogP contribution in [0.2, 0.25) is 0 Å². The molecular weight excluding hydrogens is 512 g/mol. The highest BCUT2D eigenvalue weighted by atomic mass is 16.2. The Hall–Kier alpha value is -5.02. The summed E-state index contributed by atoms with van der Waals surface area (Å²) < 4.78 is 0. The molecule has 0 unspecified atom stereocenters. The second-order valence-corrected chi connectivity index (χ2v) is 11.6. The number of amides is 1. The van der Waals surface area contributed by atoms with Crippen molar-refractivity contribution in [1.82, 2.24) is 4.98 Å². The fourth-order valence-electron chi connectivity index (χ4n) is 6.55. The van der Waals surface area contributed by atoms with Crippen molar-refractivity contribution in [3.05, 3.63) is 134 Å². The normalized spacial score (nSPS) is 14.4. The average molecular weight is 545 g/mol. The predicted octanol–water partition coefficient (Wildman–Crippen LogP) is 9.81. The quantitative estimate of drug-likeness (QED) is 0.216. The first-order valence-corrected chi connectivity index (χ1v) is 14.6. The number of fused-ring (bicyclic) bond motifs is 1. The molecule has 0 aliphatic carbocycles. The molecule has 0 atom stereocenters. The molecule has 1 aliphatic rings. The fourth-order valence-corrected chi connectivity index (χ4v) is 6.55. The smallest absolute Gasteiger partial charge is 0.228 e. The fraction of sp³-hybridized carbons (Fsp3) is 0.128. The van der Waals surface area contributed by atoms with Crippen LogP contribution in [0.3, 0.4) is 0 Å². The molecular formula is C39H32N2O. The third-order valence-corrected chi connectivity index (χ3v) is 8.47. The van der Waals surface area contributed by atoms with Gasteiger partial charge < -0.3 is 0 Å². The van der Waals surface area contributed by atoms with Crippen molar-refractivity contribution in [2.75, 3.05) is 4.90 Å². The minimum absolute atomic E-state index is 0.119. The zero-order valence-corrected chi connectivity index (χ0v) is 23.9. The lowest BCUT2D eigenvalue weighted by atomic mass is 9.79. The zero-order valence-electron chi connectivity index (χ0n) is 23.9. The number of nitrogens with zero attached hydrogens (tertiary/aromatic N) is 2. The van der Waals surface area contributed by atoms with Gasteiger partial charge in [-0.25, -0.2) is 4.98 Å². The number of rotatable bonds is 5. The van der Waals surface area contributed by atoms with Gasteiger partial charge in [-0.1, -0.05) is 121 Å². The molecule has 0 radical (unpaired) electrons. The lowest BCUT2D eigenvalue weighted by Gasteiger charge is -2.33. The highest BCUT2D eigenvalue weighted by Crippen LogP contribution is 2.53. The number of pyridine rings is 1. The van der Waals surface area contributed by atoms with E-state index in [2.05, 4.69) is 141 Å². The summed E-state index contributed by atoms with van der Waals surface area (Å²) in [5.74, 6) is 0.849. The Bertz CT molecular complexity index is 1900. The minimum Gasteiger partial charge on any atom is -0.291 e. The van der Waals surface area contributed by atoms with E-state index < -0.39 is 0 Å². The highest BCUT2D eigenvalue weighted by Gasteiger charge is 2.41. The molecule has 1 aromatic heterocycles. The Balaban J connectivity index is 1.77. The first-order valence-electron chi connectivity index (χ1n) is 14.6. The molecule has 1 saturated heterocycles. The van der Waals surface area contributed by atoms with Crippen LogP contribution in [0.25, 0.3) is 55.3 Å². The molecule has 0 saturated carbocycles. The van der Waals surface area contributed by atoms with Gasteiger partial charge >= 0.3 is 0 Å². The standard InChI is InChI=1S/C39H32N2O/c1-39(2)25-23-32(42)41(39)38-37-31(24-26-40-38)33(27-15-7-3-8-16-27)34(28-17-9-4-10-18-28)35(29-19-11-5-12-20-29)36(37)30-21-13-6-14-22-30/h3-22,24,26H,23,25H2,1-2H3. The lowest BCUT2D eigenvalue weighted by Crippen LogP contribution is -2.41. The average Bonchev–Trinajstić information content (AvgIpc) is 3.32. The van der Waals surface area contributed by atoms with Crippen molar-refractivity contribution in [2.45, 2.75) is 32.2 Å². The van der Waals surface area contributed by atoms with Crippen molar-refractivity contribution >= 4 is 22.5 Å². The van der Waals surface area contributed by atoms with Gasteiger partial charge in [-0.2, -0.15) is 0 Å². The lowest BCUT2D eigenvalue weighted by molar-refractivity contribution is -0.117. The molecule has 3 heteroatoms. The van der Waals surface area contributed by atoms with E-state index in [9.17, 15) is 4.79 Å². The molecule has 1 fully saturated rings. The summed E-state index contributed by atoms with van der Waals surface area (Å²) >= 11 is 0. The maximum atomic E-state index is 13.6. The van der Waals surface area contributed by atoms with E-state index in [4.69, 9.17) is 4.98 Å². The van der Waals surface area contributed by atoms with Crippen molar-refractivity contribution < 1.29 is 4.79 Å². The Morgan fingerprint density at radius 1 is 0.571 bits per heavy atom. The second-order valence-electron chi connectivity index (χ2n) is 11.6. The molecule has 7 rings (SSSR count). The molecule has 3 nitrogen and oxygen atoms in total. The summed E-state index contributed by atoms with van der Waals surface area (Å²) in [6, 6.07) is 44.6. The molecule has 0 spiro atoms. The van der Waals surface area contributed by atoms with Gasteiger partial charge in [0.15, 0.2) is 0 Å². The number of aromatic nitrogens is 1. The van der Waals surface area contributed by atoms with Crippen LogP contribution in [-0.4, -0.2) is 16.4 Å². The Labute approximate surface area is 247 Å². The summed E-state index contributed by atoms with van der Waals surface area (Å²) in [7, 11) is 0. The molecule has 42 heavy (non-hydrogen) atoms. The minimum atomic E-state index is -0.343. The van der Waals surface area contributed by atoms with Gasteiger partial charge in [-0.3, -0.25) is 9.69 Å². The van der Waals surface area contributed by atoms with Crippen LogP contribution in [0, 0.1) is 0 Å². The molecule has 1 amide bonds. The van der Waals surface area contributed by atoms with Crippen LogP contribution in [-0.2, 0) is 4.79 Å². The van der Waals surface area contributed by atoms with Crippen LogP contribution in [0.15, 0.2) is 134 Å². The zero-order chi connectivity index (χ0) is 28.7. The summed E-state index contributed by atoms with van der Waals surface area (Å²) in [6.45, 7) is 4.30. The Morgan fingerprint density at radius 2 is 1.00 bits per heavy atom. The molecule has 0 bridgehead atoms. The van der Waals surface area contributed by atoms with Gasteiger partial charge in [-0.05, 0) is 70.7 Å². The number of benzene rings is 5. The van der Waals surface area contributed by atoms with Crippen LogP contribution in [0.1, 0.15) is 26.7 Å². The first kappa shape index (κ1) is 25.9. The van der Waals surface area contributed by atoms with Crippen molar-refractivity contribution in [3.8, 4) is 44.5 Å². The molecule has 5 aromatic carbocycles. The Kier molecular flexibility index (Phi) is 6.43. The molecule has 0 N–H and O–H groups in total. The summed E-state index contributed by atoms with van der Waals surface area (Å²) in [6.07, 6.45) is 3.19. The number of carbonyl (C=O) groups excluding carboxylic acids is 1. The van der Waals surface area contributed by atoms with E-state index in [1.54, 1.807) is 0 Å². The van der Waals surface area contributed by atoms with Gasteiger partial charge in [0.1, 0.15) is 5.82 Å². The van der Waals surface area contributed by atoms with Crippen molar-refractivity contribution in [1.29, 1.82) is 0 Å². The van der Waals surface area contributed by atoms with Crippen LogP contribution in [0.4, 0.5) is 5.82 Å². The van der Waals surface area contributed by atoms with E-state index >= 15 is 0 Å². The van der Waals surface area contributed by atoms with E-state index in [1.165, 1.54) is 5.56 Å². The SMILES string of the molecule is CC1(C)CCC(=O)N1c1nccc2c(-c3ccccc3)c(-c3ccccc3)c(-c3ccccc3)c(-c3ccccc3)c12. The maximum Gasteiger partial charge on any atom is 0.228 e. The largest absolute Gasteiger partial charge is 0.291 e. The summed E-state index contributed by atoms with van der Waals surface area (Å²) in [4.78, 5) is 20.5. The monoisotopic (exact) mass is 544 g/mol. The van der Waals surface area contributed by atoms with Crippen LogP contribution < -0.4 is 4.90 Å². The predicted molar refractivity (Wildman–Crippen MR) is 174 cm³/mol. The van der Waals surface area contributed by atoms with Crippen LogP contribution >= 0.6 is 0 Å². The molecule has 204 valence electrons. The number of hydrogen-bond acceptors (Lipinski definition) is 2. The number of anilines is 1. The van der Waals surface area contributed by atoms with E-state index in [0.717, 1.165) is 62.0 Å². The third-order valence-electron chi connectivity index (χ3n) is 8.47. The molecule has 2 heterocycles. The van der Waals surface area contributed by atoms with Gasteiger partial charge in [0, 0.05) is 29.1 Å².